The molecular formula is C23H25N3O6S. The van der Waals surface area contributed by atoms with Gasteiger partial charge in [0.05, 0.1) is 17.6 Å². The second-order valence-electron chi connectivity index (χ2n) is 7.66. The molecule has 1 aliphatic heterocycles. The first-order chi connectivity index (χ1) is 16.0. The number of esters is 1. The van der Waals surface area contributed by atoms with Crippen LogP contribution in [0.25, 0.3) is 11.4 Å². The van der Waals surface area contributed by atoms with Gasteiger partial charge in [0, 0.05) is 18.7 Å². The quantitative estimate of drug-likeness (QED) is 0.480. The Morgan fingerprint density at radius 2 is 1.79 bits per heavy atom. The Kier molecular flexibility index (Phi) is 7.05. The number of benzene rings is 2. The molecule has 2 aromatic carbocycles. The van der Waals surface area contributed by atoms with Crippen LogP contribution < -0.4 is 4.74 Å². The van der Waals surface area contributed by atoms with Gasteiger partial charge >= 0.3 is 5.97 Å². The number of methoxy groups -OCH3 is 1. The van der Waals surface area contributed by atoms with Crippen LogP contribution in [0.2, 0.25) is 0 Å². The molecule has 0 saturated carbocycles. The molecule has 1 saturated heterocycles. The molecule has 0 unspecified atom stereocenters. The molecule has 9 nitrogen and oxygen atoms in total. The highest BCUT2D eigenvalue weighted by molar-refractivity contribution is 7.89. The summed E-state index contributed by atoms with van der Waals surface area (Å²) in [5.41, 5.74) is 0.939. The fraction of sp³-hybridized carbons (Fsp3) is 0.348. The van der Waals surface area contributed by atoms with Crippen LogP contribution in [0.15, 0.2) is 57.9 Å². The van der Waals surface area contributed by atoms with Crippen LogP contribution in [-0.4, -0.2) is 49.0 Å². The summed E-state index contributed by atoms with van der Waals surface area (Å²) in [4.78, 5) is 16.8. The molecule has 0 radical (unpaired) electrons. The minimum absolute atomic E-state index is 0.140. The number of aromatic nitrogens is 2. The highest BCUT2D eigenvalue weighted by atomic mass is 32.2. The molecule has 33 heavy (non-hydrogen) atoms. The SMILES string of the molecule is COc1cccc(-c2noc(COC(=O)c3ccc(S(=O)(=O)N4CCCCCC4)cc3)n2)c1. The van der Waals surface area contributed by atoms with E-state index >= 15 is 0 Å². The zero-order valence-corrected chi connectivity index (χ0v) is 19.1. The van der Waals surface area contributed by atoms with Crippen LogP contribution in [0.3, 0.4) is 0 Å². The summed E-state index contributed by atoms with van der Waals surface area (Å²) in [5, 5.41) is 3.90. The minimum Gasteiger partial charge on any atom is -0.497 e. The van der Waals surface area contributed by atoms with Crippen molar-refractivity contribution < 1.29 is 27.2 Å². The largest absolute Gasteiger partial charge is 0.497 e. The van der Waals surface area contributed by atoms with E-state index in [9.17, 15) is 13.2 Å². The van der Waals surface area contributed by atoms with Crippen molar-refractivity contribution in [1.82, 2.24) is 14.4 Å². The maximum atomic E-state index is 12.9. The van der Waals surface area contributed by atoms with Crippen LogP contribution in [0.5, 0.6) is 5.75 Å². The summed E-state index contributed by atoms with van der Waals surface area (Å²) < 4.78 is 42.8. The van der Waals surface area contributed by atoms with E-state index in [1.807, 2.05) is 6.07 Å². The molecule has 0 atom stereocenters. The van der Waals surface area contributed by atoms with Crippen molar-refractivity contribution in [2.75, 3.05) is 20.2 Å². The van der Waals surface area contributed by atoms with Crippen molar-refractivity contribution >= 4 is 16.0 Å². The number of carbonyl (C=O) groups excluding carboxylic acids is 1. The molecule has 0 aliphatic carbocycles. The number of sulfonamides is 1. The lowest BCUT2D eigenvalue weighted by Gasteiger charge is -2.19. The first-order valence-corrected chi connectivity index (χ1v) is 12.2. The van der Waals surface area contributed by atoms with Crippen molar-refractivity contribution in [2.24, 2.45) is 0 Å². The standard InChI is InChI=1S/C23H25N3O6S/c1-30-19-8-6-7-18(15-19)22-24-21(32-25-22)16-31-23(27)17-9-11-20(12-10-17)33(28,29)26-13-4-2-3-5-14-26/h6-12,15H,2-5,13-14,16H2,1H3. The predicted molar refractivity (Wildman–Crippen MR) is 119 cm³/mol. The average molecular weight is 472 g/mol. The van der Waals surface area contributed by atoms with Gasteiger partial charge in [-0.05, 0) is 49.2 Å². The summed E-state index contributed by atoms with van der Waals surface area (Å²) >= 11 is 0. The molecular weight excluding hydrogens is 446 g/mol. The highest BCUT2D eigenvalue weighted by Crippen LogP contribution is 2.22. The van der Waals surface area contributed by atoms with Crippen molar-refractivity contribution in [1.29, 1.82) is 0 Å². The van der Waals surface area contributed by atoms with Crippen LogP contribution in [0.1, 0.15) is 41.9 Å². The van der Waals surface area contributed by atoms with Gasteiger partial charge in [0.15, 0.2) is 6.61 Å². The lowest BCUT2D eigenvalue weighted by molar-refractivity contribution is 0.0429. The molecule has 1 aliphatic rings. The Morgan fingerprint density at radius 3 is 2.48 bits per heavy atom. The number of hydrogen-bond donors (Lipinski definition) is 0. The molecule has 10 heteroatoms. The number of carbonyl (C=O) groups is 1. The first-order valence-electron chi connectivity index (χ1n) is 10.7. The second kappa shape index (κ2) is 10.1. The summed E-state index contributed by atoms with van der Waals surface area (Å²) in [7, 11) is -2.01. The third-order valence-corrected chi connectivity index (χ3v) is 7.33. The third-order valence-electron chi connectivity index (χ3n) is 5.42. The maximum absolute atomic E-state index is 12.9. The molecule has 0 amide bonds. The summed E-state index contributed by atoms with van der Waals surface area (Å²) in [6.07, 6.45) is 3.80. The van der Waals surface area contributed by atoms with Gasteiger partial charge in [-0.3, -0.25) is 0 Å². The molecule has 0 N–H and O–H groups in total. The van der Waals surface area contributed by atoms with Gasteiger partial charge in [0.25, 0.3) is 5.89 Å². The molecule has 174 valence electrons. The Hall–Kier alpha value is -3.24. The Morgan fingerprint density at radius 1 is 1.06 bits per heavy atom. The van der Waals surface area contributed by atoms with E-state index in [0.29, 0.717) is 30.2 Å². The minimum atomic E-state index is -3.57. The van der Waals surface area contributed by atoms with Gasteiger partial charge in [-0.1, -0.05) is 30.1 Å². The zero-order valence-electron chi connectivity index (χ0n) is 18.3. The molecule has 3 aromatic rings. The van der Waals surface area contributed by atoms with Crippen LogP contribution >= 0.6 is 0 Å². The van der Waals surface area contributed by atoms with Crippen molar-refractivity contribution in [3.63, 3.8) is 0 Å². The van der Waals surface area contributed by atoms with E-state index in [2.05, 4.69) is 10.1 Å². The topological polar surface area (TPSA) is 112 Å². The Labute approximate surface area is 192 Å². The Bertz CT molecular complexity index is 1200. The molecule has 0 bridgehead atoms. The third kappa shape index (κ3) is 5.40. The lowest BCUT2D eigenvalue weighted by atomic mass is 10.2. The maximum Gasteiger partial charge on any atom is 0.338 e. The van der Waals surface area contributed by atoms with Gasteiger partial charge in [-0.15, -0.1) is 0 Å². The zero-order chi connectivity index (χ0) is 23.3. The number of nitrogens with zero attached hydrogens (tertiary/aromatic N) is 3. The van der Waals surface area contributed by atoms with E-state index in [0.717, 1.165) is 25.7 Å². The van der Waals surface area contributed by atoms with E-state index < -0.39 is 16.0 Å². The van der Waals surface area contributed by atoms with Crippen LogP contribution in [0, 0.1) is 0 Å². The summed E-state index contributed by atoms with van der Waals surface area (Å²) in [6, 6.07) is 12.9. The van der Waals surface area contributed by atoms with Gasteiger partial charge < -0.3 is 14.0 Å². The molecule has 2 heterocycles. The smallest absolute Gasteiger partial charge is 0.338 e. The van der Waals surface area contributed by atoms with E-state index in [4.69, 9.17) is 14.0 Å². The van der Waals surface area contributed by atoms with Crippen molar-refractivity contribution in [3.8, 4) is 17.1 Å². The number of ether oxygens (including phenoxy) is 2. The van der Waals surface area contributed by atoms with Crippen molar-refractivity contribution in [3.05, 3.63) is 60.0 Å². The van der Waals surface area contributed by atoms with E-state index in [1.165, 1.54) is 28.6 Å². The molecule has 4 rings (SSSR count). The normalized spacial score (nSPS) is 15.1. The fourth-order valence-corrected chi connectivity index (χ4v) is 5.11. The van der Waals surface area contributed by atoms with Crippen LogP contribution in [-0.2, 0) is 21.4 Å². The monoisotopic (exact) mass is 471 g/mol. The van der Waals surface area contributed by atoms with Crippen LogP contribution in [0.4, 0.5) is 0 Å². The lowest BCUT2D eigenvalue weighted by Crippen LogP contribution is -2.31. The van der Waals surface area contributed by atoms with E-state index in [1.54, 1.807) is 25.3 Å². The Balaban J connectivity index is 1.38. The van der Waals surface area contributed by atoms with Gasteiger partial charge in [0.1, 0.15) is 5.75 Å². The first kappa shape index (κ1) is 22.9. The summed E-state index contributed by atoms with van der Waals surface area (Å²) in [5.74, 6) is 0.533. The van der Waals surface area contributed by atoms with Crippen molar-refractivity contribution in [2.45, 2.75) is 37.2 Å². The second-order valence-corrected chi connectivity index (χ2v) is 9.60. The number of rotatable bonds is 7. The van der Waals surface area contributed by atoms with Gasteiger partial charge in [0.2, 0.25) is 15.8 Å². The molecule has 0 spiro atoms. The highest BCUT2D eigenvalue weighted by Gasteiger charge is 2.25. The number of hydrogen-bond acceptors (Lipinski definition) is 8. The average Bonchev–Trinajstić information content (AvgIpc) is 3.14. The van der Waals surface area contributed by atoms with Gasteiger partial charge in [-0.25, -0.2) is 13.2 Å². The molecule has 1 aromatic heterocycles. The molecule has 1 fully saturated rings. The van der Waals surface area contributed by atoms with E-state index in [-0.39, 0.29) is 23.0 Å². The predicted octanol–water partition coefficient (Wildman–Crippen LogP) is 3.67. The fourth-order valence-electron chi connectivity index (χ4n) is 3.60. The summed E-state index contributed by atoms with van der Waals surface area (Å²) in [6.45, 7) is 0.839. The van der Waals surface area contributed by atoms with Gasteiger partial charge in [-0.2, -0.15) is 9.29 Å².